The molecular weight excluding hydrogens is 180 g/mol. The summed E-state index contributed by atoms with van der Waals surface area (Å²) >= 11 is 0. The average Bonchev–Trinajstić information content (AvgIpc) is 2.10. The molecule has 0 amide bonds. The number of aryl methyl sites for hydroxylation is 1. The van der Waals surface area contributed by atoms with Crippen LogP contribution in [-0.2, 0) is 4.74 Å². The lowest BCUT2D eigenvalue weighted by atomic mass is 10.2. The number of ether oxygens (including phenoxy) is 2. The summed E-state index contributed by atoms with van der Waals surface area (Å²) in [5, 5.41) is 8.73. The summed E-state index contributed by atoms with van der Waals surface area (Å²) in [6.07, 6.45) is 0.0934. The number of nitriles is 1. The third kappa shape index (κ3) is 1.83. The zero-order valence-corrected chi connectivity index (χ0v) is 7.86. The molecule has 2 heterocycles. The highest BCUT2D eigenvalue weighted by atomic mass is 16.6. The Morgan fingerprint density at radius 1 is 1.57 bits per heavy atom. The summed E-state index contributed by atoms with van der Waals surface area (Å²) in [6.45, 7) is 3.06. The van der Waals surface area contributed by atoms with Gasteiger partial charge in [0, 0.05) is 11.8 Å². The van der Waals surface area contributed by atoms with Crippen LogP contribution in [0.5, 0.6) is 5.88 Å². The number of nitrogens with zero attached hydrogens (tertiary/aromatic N) is 2. The lowest BCUT2D eigenvalue weighted by Gasteiger charge is -2.26. The Kier molecular flexibility index (Phi) is 2.33. The monoisotopic (exact) mass is 190 g/mol. The Morgan fingerprint density at radius 2 is 2.36 bits per heavy atom. The standard InChI is InChI=1S/C10H10N2O2/c1-7-2-8(4-11)3-10(12-7)14-9-5-13-6-9/h2-3,9H,5-6H2,1H3. The second-order valence-electron chi connectivity index (χ2n) is 3.22. The van der Waals surface area contributed by atoms with Gasteiger partial charge in [-0.15, -0.1) is 0 Å². The van der Waals surface area contributed by atoms with Gasteiger partial charge in [-0.05, 0) is 13.0 Å². The molecule has 2 rings (SSSR count). The molecule has 0 saturated carbocycles. The third-order valence-electron chi connectivity index (χ3n) is 1.95. The van der Waals surface area contributed by atoms with E-state index in [0.717, 1.165) is 5.69 Å². The lowest BCUT2D eigenvalue weighted by Crippen LogP contribution is -2.38. The zero-order chi connectivity index (χ0) is 9.97. The molecule has 0 unspecified atom stereocenters. The lowest BCUT2D eigenvalue weighted by molar-refractivity contribution is -0.0813. The summed E-state index contributed by atoms with van der Waals surface area (Å²) in [5.74, 6) is 0.509. The van der Waals surface area contributed by atoms with Gasteiger partial charge in [0.15, 0.2) is 0 Å². The van der Waals surface area contributed by atoms with E-state index < -0.39 is 0 Å². The fraction of sp³-hybridized carbons (Fsp3) is 0.400. The van der Waals surface area contributed by atoms with E-state index in [1.165, 1.54) is 0 Å². The highest BCUT2D eigenvalue weighted by Gasteiger charge is 2.20. The van der Waals surface area contributed by atoms with Gasteiger partial charge >= 0.3 is 0 Å². The van der Waals surface area contributed by atoms with Crippen LogP contribution in [0.15, 0.2) is 12.1 Å². The topological polar surface area (TPSA) is 55.1 Å². The van der Waals surface area contributed by atoms with Gasteiger partial charge in [0.05, 0.1) is 24.8 Å². The molecule has 1 saturated heterocycles. The number of pyridine rings is 1. The minimum Gasteiger partial charge on any atom is -0.469 e. The smallest absolute Gasteiger partial charge is 0.215 e. The molecule has 1 fully saturated rings. The molecule has 0 atom stereocenters. The van der Waals surface area contributed by atoms with Crippen LogP contribution >= 0.6 is 0 Å². The van der Waals surface area contributed by atoms with Crippen LogP contribution in [0.2, 0.25) is 0 Å². The van der Waals surface area contributed by atoms with Crippen LogP contribution in [0.3, 0.4) is 0 Å². The van der Waals surface area contributed by atoms with Gasteiger partial charge in [-0.1, -0.05) is 0 Å². The predicted octanol–water partition coefficient (Wildman–Crippen LogP) is 1.04. The Morgan fingerprint density at radius 3 is 2.93 bits per heavy atom. The van der Waals surface area contributed by atoms with E-state index in [1.807, 2.05) is 6.92 Å². The highest BCUT2D eigenvalue weighted by molar-refractivity contribution is 5.34. The van der Waals surface area contributed by atoms with Gasteiger partial charge in [0.25, 0.3) is 0 Å². The zero-order valence-electron chi connectivity index (χ0n) is 7.86. The largest absolute Gasteiger partial charge is 0.469 e. The van der Waals surface area contributed by atoms with Crippen molar-refractivity contribution in [1.82, 2.24) is 4.98 Å². The van der Waals surface area contributed by atoms with Crippen LogP contribution in [0, 0.1) is 18.3 Å². The van der Waals surface area contributed by atoms with Crippen LogP contribution < -0.4 is 4.74 Å². The summed E-state index contributed by atoms with van der Waals surface area (Å²) in [5.41, 5.74) is 1.37. The Bertz CT molecular complexity index is 380. The van der Waals surface area contributed by atoms with E-state index in [-0.39, 0.29) is 6.10 Å². The Labute approximate surface area is 82.1 Å². The molecule has 0 aromatic carbocycles. The van der Waals surface area contributed by atoms with Crippen molar-refractivity contribution in [2.24, 2.45) is 0 Å². The molecule has 4 nitrogen and oxygen atoms in total. The van der Waals surface area contributed by atoms with E-state index in [0.29, 0.717) is 24.7 Å². The van der Waals surface area contributed by atoms with Crippen molar-refractivity contribution < 1.29 is 9.47 Å². The maximum Gasteiger partial charge on any atom is 0.215 e. The van der Waals surface area contributed by atoms with Crippen molar-refractivity contribution in [3.8, 4) is 11.9 Å². The van der Waals surface area contributed by atoms with Crippen molar-refractivity contribution in [3.05, 3.63) is 23.4 Å². The van der Waals surface area contributed by atoms with Crippen LogP contribution in [0.25, 0.3) is 0 Å². The second-order valence-corrected chi connectivity index (χ2v) is 3.22. The first kappa shape index (κ1) is 8.97. The van der Waals surface area contributed by atoms with Gasteiger partial charge in [-0.3, -0.25) is 0 Å². The molecule has 1 aromatic heterocycles. The molecule has 14 heavy (non-hydrogen) atoms. The number of hydrogen-bond acceptors (Lipinski definition) is 4. The average molecular weight is 190 g/mol. The van der Waals surface area contributed by atoms with Crippen molar-refractivity contribution >= 4 is 0 Å². The fourth-order valence-electron chi connectivity index (χ4n) is 1.22. The molecule has 0 aliphatic carbocycles. The van der Waals surface area contributed by atoms with Gasteiger partial charge in [0.1, 0.15) is 6.10 Å². The first-order valence-electron chi connectivity index (χ1n) is 4.41. The third-order valence-corrected chi connectivity index (χ3v) is 1.95. The maximum atomic E-state index is 8.73. The molecule has 0 bridgehead atoms. The molecule has 0 spiro atoms. The minimum atomic E-state index is 0.0934. The molecule has 0 radical (unpaired) electrons. The molecule has 0 N–H and O–H groups in total. The van der Waals surface area contributed by atoms with E-state index in [9.17, 15) is 0 Å². The quantitative estimate of drug-likeness (QED) is 0.699. The van der Waals surface area contributed by atoms with Crippen molar-refractivity contribution in [2.75, 3.05) is 13.2 Å². The molecule has 1 aromatic rings. The SMILES string of the molecule is Cc1cc(C#N)cc(OC2COC2)n1. The van der Waals surface area contributed by atoms with Crippen LogP contribution in [0.4, 0.5) is 0 Å². The molecular formula is C10H10N2O2. The Balaban J connectivity index is 2.16. The van der Waals surface area contributed by atoms with Crippen LogP contribution in [-0.4, -0.2) is 24.3 Å². The summed E-state index contributed by atoms with van der Waals surface area (Å²) in [6, 6.07) is 5.44. The van der Waals surface area contributed by atoms with E-state index in [2.05, 4.69) is 11.1 Å². The number of rotatable bonds is 2. The van der Waals surface area contributed by atoms with Gasteiger partial charge in [-0.2, -0.15) is 5.26 Å². The first-order chi connectivity index (χ1) is 6.78. The molecule has 1 aliphatic heterocycles. The van der Waals surface area contributed by atoms with E-state index >= 15 is 0 Å². The van der Waals surface area contributed by atoms with Crippen molar-refractivity contribution in [2.45, 2.75) is 13.0 Å². The highest BCUT2D eigenvalue weighted by Crippen LogP contribution is 2.15. The second kappa shape index (κ2) is 3.64. The van der Waals surface area contributed by atoms with Gasteiger partial charge < -0.3 is 9.47 Å². The maximum absolute atomic E-state index is 8.73. The minimum absolute atomic E-state index is 0.0934. The van der Waals surface area contributed by atoms with E-state index in [1.54, 1.807) is 12.1 Å². The summed E-state index contributed by atoms with van der Waals surface area (Å²) < 4.78 is 10.5. The van der Waals surface area contributed by atoms with Crippen LogP contribution in [0.1, 0.15) is 11.3 Å². The van der Waals surface area contributed by atoms with E-state index in [4.69, 9.17) is 14.7 Å². The molecule has 4 heteroatoms. The predicted molar refractivity (Wildman–Crippen MR) is 48.9 cm³/mol. The molecule has 72 valence electrons. The van der Waals surface area contributed by atoms with Gasteiger partial charge in [-0.25, -0.2) is 4.98 Å². The first-order valence-corrected chi connectivity index (χ1v) is 4.41. The van der Waals surface area contributed by atoms with Gasteiger partial charge in [0.2, 0.25) is 5.88 Å². The summed E-state index contributed by atoms with van der Waals surface area (Å²) in [7, 11) is 0. The molecule has 1 aliphatic rings. The fourth-order valence-corrected chi connectivity index (χ4v) is 1.22. The number of hydrogen-bond donors (Lipinski definition) is 0. The normalized spacial score (nSPS) is 15.7. The summed E-state index contributed by atoms with van der Waals surface area (Å²) in [4.78, 5) is 4.17. The van der Waals surface area contributed by atoms with Crippen molar-refractivity contribution in [1.29, 1.82) is 5.26 Å². The Hall–Kier alpha value is -1.60. The number of aromatic nitrogens is 1. The van der Waals surface area contributed by atoms with Crippen molar-refractivity contribution in [3.63, 3.8) is 0 Å².